The summed E-state index contributed by atoms with van der Waals surface area (Å²) in [6.45, 7) is 6.64. The van der Waals surface area contributed by atoms with E-state index in [0.717, 1.165) is 0 Å². The van der Waals surface area contributed by atoms with Crippen LogP contribution in [-0.4, -0.2) is 30.5 Å². The fourth-order valence-corrected chi connectivity index (χ4v) is 3.56. The molecule has 1 aromatic carbocycles. The van der Waals surface area contributed by atoms with Gasteiger partial charge in [0.05, 0.1) is 0 Å². The summed E-state index contributed by atoms with van der Waals surface area (Å²) in [5.41, 5.74) is -0.114. The van der Waals surface area contributed by atoms with Crippen LogP contribution >= 0.6 is 0 Å². The zero-order valence-electron chi connectivity index (χ0n) is 12.4. The van der Waals surface area contributed by atoms with Gasteiger partial charge in [0, 0.05) is 0 Å². The molecule has 21 heavy (non-hydrogen) atoms. The lowest BCUT2D eigenvalue weighted by atomic mass is 10.0. The quantitative estimate of drug-likeness (QED) is 0.797. The van der Waals surface area contributed by atoms with Crippen LogP contribution < -0.4 is 0 Å². The molecule has 0 bridgehead atoms. The molecule has 1 saturated heterocycles. The molecule has 1 aliphatic rings. The van der Waals surface area contributed by atoms with Crippen molar-refractivity contribution in [3.05, 3.63) is 35.9 Å². The van der Waals surface area contributed by atoms with Gasteiger partial charge in [0.2, 0.25) is 0 Å². The van der Waals surface area contributed by atoms with Gasteiger partial charge in [-0.15, -0.1) is 0 Å². The minimum absolute atomic E-state index is 0.676. The van der Waals surface area contributed by atoms with E-state index < -0.39 is 34.1 Å². The van der Waals surface area contributed by atoms with Gasteiger partial charge >= 0.3 is 16.4 Å². The Morgan fingerprint density at radius 3 is 2.33 bits per heavy atom. The molecule has 7 heteroatoms. The Morgan fingerprint density at radius 1 is 1.24 bits per heavy atom. The van der Waals surface area contributed by atoms with Crippen LogP contribution in [0.3, 0.4) is 0 Å². The van der Waals surface area contributed by atoms with Gasteiger partial charge in [-0.1, -0.05) is 30.3 Å². The monoisotopic (exact) mass is 313 g/mol. The van der Waals surface area contributed by atoms with Gasteiger partial charge in [-0.25, -0.2) is 8.98 Å². The van der Waals surface area contributed by atoms with E-state index in [2.05, 4.69) is 0 Å². The standard InChI is InChI=1S/C14H19NO5S/c1-10-12(11-8-6-5-7-9-11)15(21(17,18)20-10)13(16)19-14(2,3)4/h5-10,12H,1-4H3/t10-,12?/m1/s1. The maximum absolute atomic E-state index is 12.3. The van der Waals surface area contributed by atoms with Crippen molar-refractivity contribution in [2.24, 2.45) is 0 Å². The summed E-state index contributed by atoms with van der Waals surface area (Å²) >= 11 is 0. The molecule has 2 atom stereocenters. The van der Waals surface area contributed by atoms with Crippen molar-refractivity contribution in [1.82, 2.24) is 4.31 Å². The third-order valence-electron chi connectivity index (χ3n) is 2.93. The van der Waals surface area contributed by atoms with Gasteiger partial charge in [0.15, 0.2) is 0 Å². The van der Waals surface area contributed by atoms with Gasteiger partial charge in [0.25, 0.3) is 0 Å². The first kappa shape index (κ1) is 15.8. The number of ether oxygens (including phenoxy) is 1. The molecule has 1 heterocycles. The molecular formula is C14H19NO5S. The summed E-state index contributed by atoms with van der Waals surface area (Å²) in [7, 11) is -4.15. The molecule has 0 N–H and O–H groups in total. The summed E-state index contributed by atoms with van der Waals surface area (Å²) in [6, 6.07) is 8.15. The molecular weight excluding hydrogens is 294 g/mol. The van der Waals surface area contributed by atoms with Gasteiger partial charge in [-0.2, -0.15) is 12.7 Å². The normalized spacial score (nSPS) is 24.9. The van der Waals surface area contributed by atoms with Crippen molar-refractivity contribution in [3.8, 4) is 0 Å². The topological polar surface area (TPSA) is 72.9 Å². The Balaban J connectivity index is 2.40. The summed E-state index contributed by atoms with van der Waals surface area (Å²) in [5, 5.41) is 0. The maximum Gasteiger partial charge on any atom is 0.426 e. The molecule has 2 rings (SSSR count). The molecule has 0 aromatic heterocycles. The van der Waals surface area contributed by atoms with Gasteiger partial charge in [-0.05, 0) is 33.3 Å². The highest BCUT2D eigenvalue weighted by Crippen LogP contribution is 2.37. The van der Waals surface area contributed by atoms with Crippen LogP contribution in [0.4, 0.5) is 4.79 Å². The van der Waals surface area contributed by atoms with E-state index in [1.165, 1.54) is 0 Å². The van der Waals surface area contributed by atoms with Crippen LogP contribution in [0, 0.1) is 0 Å². The van der Waals surface area contributed by atoms with E-state index >= 15 is 0 Å². The Morgan fingerprint density at radius 2 is 1.81 bits per heavy atom. The summed E-state index contributed by atoms with van der Waals surface area (Å²) < 4.78 is 35.0. The number of carbonyl (C=O) groups excluding carboxylic acids is 1. The van der Waals surface area contributed by atoms with Crippen molar-refractivity contribution in [3.63, 3.8) is 0 Å². The van der Waals surface area contributed by atoms with Crippen molar-refractivity contribution >= 4 is 16.4 Å². The molecule has 0 spiro atoms. The minimum atomic E-state index is -4.15. The van der Waals surface area contributed by atoms with Crippen LogP contribution in [0.25, 0.3) is 0 Å². The minimum Gasteiger partial charge on any atom is -0.443 e. The lowest BCUT2D eigenvalue weighted by molar-refractivity contribution is 0.0338. The van der Waals surface area contributed by atoms with Crippen LogP contribution in [0.2, 0.25) is 0 Å². The molecule has 1 aliphatic heterocycles. The third kappa shape index (κ3) is 3.36. The average Bonchev–Trinajstić information content (AvgIpc) is 2.57. The fourth-order valence-electron chi connectivity index (χ4n) is 2.19. The fraction of sp³-hybridized carbons (Fsp3) is 0.500. The number of carbonyl (C=O) groups is 1. The van der Waals surface area contributed by atoms with E-state index in [9.17, 15) is 13.2 Å². The SMILES string of the molecule is C[C@H]1OS(=O)(=O)N(C(=O)OC(C)(C)C)C1c1ccccc1. The molecule has 0 aliphatic carbocycles. The molecule has 6 nitrogen and oxygen atoms in total. The van der Waals surface area contributed by atoms with Crippen LogP contribution in [0.1, 0.15) is 39.3 Å². The number of hydrogen-bond acceptors (Lipinski definition) is 5. The Hall–Kier alpha value is -1.60. The van der Waals surface area contributed by atoms with E-state index in [1.54, 1.807) is 52.0 Å². The largest absolute Gasteiger partial charge is 0.443 e. The Labute approximate surface area is 124 Å². The van der Waals surface area contributed by atoms with Crippen molar-refractivity contribution in [2.75, 3.05) is 0 Å². The molecule has 1 fully saturated rings. The number of nitrogens with zero attached hydrogens (tertiary/aromatic N) is 1. The van der Waals surface area contributed by atoms with E-state index in [-0.39, 0.29) is 0 Å². The number of hydrogen-bond donors (Lipinski definition) is 0. The number of benzene rings is 1. The van der Waals surface area contributed by atoms with Gasteiger partial charge in [0.1, 0.15) is 17.7 Å². The average molecular weight is 313 g/mol. The second kappa shape index (κ2) is 5.31. The molecule has 1 amide bonds. The van der Waals surface area contributed by atoms with E-state index in [0.29, 0.717) is 9.87 Å². The second-order valence-corrected chi connectivity index (χ2v) is 7.33. The third-order valence-corrected chi connectivity index (χ3v) is 4.33. The van der Waals surface area contributed by atoms with Gasteiger partial charge in [-0.3, -0.25) is 0 Å². The number of rotatable bonds is 1. The highest BCUT2D eigenvalue weighted by Gasteiger charge is 2.49. The number of amides is 1. The zero-order valence-corrected chi connectivity index (χ0v) is 13.3. The smallest absolute Gasteiger partial charge is 0.426 e. The van der Waals surface area contributed by atoms with Crippen molar-refractivity contribution in [2.45, 2.75) is 45.4 Å². The summed E-state index contributed by atoms with van der Waals surface area (Å²) in [5.74, 6) is 0. The zero-order chi connectivity index (χ0) is 15.8. The second-order valence-electron chi connectivity index (χ2n) is 5.89. The highest BCUT2D eigenvalue weighted by atomic mass is 32.2. The van der Waals surface area contributed by atoms with E-state index in [1.807, 2.05) is 6.07 Å². The first-order valence-electron chi connectivity index (χ1n) is 6.62. The van der Waals surface area contributed by atoms with Gasteiger partial charge < -0.3 is 4.74 Å². The molecule has 1 aromatic rings. The van der Waals surface area contributed by atoms with Crippen LogP contribution in [-0.2, 0) is 19.2 Å². The van der Waals surface area contributed by atoms with Crippen LogP contribution in [0.15, 0.2) is 30.3 Å². The summed E-state index contributed by atoms with van der Waals surface area (Å²) in [6.07, 6.45) is -1.61. The Kier molecular flexibility index (Phi) is 3.99. The predicted octanol–water partition coefficient (Wildman–Crippen LogP) is 2.63. The molecule has 116 valence electrons. The van der Waals surface area contributed by atoms with Crippen molar-refractivity contribution in [1.29, 1.82) is 0 Å². The molecule has 1 unspecified atom stereocenters. The molecule has 0 radical (unpaired) electrons. The Bertz CT molecular complexity index is 621. The molecule has 0 saturated carbocycles. The predicted molar refractivity (Wildman–Crippen MR) is 76.7 cm³/mol. The highest BCUT2D eigenvalue weighted by molar-refractivity contribution is 7.85. The lowest BCUT2D eigenvalue weighted by Gasteiger charge is -2.26. The van der Waals surface area contributed by atoms with Crippen molar-refractivity contribution < 1.29 is 22.1 Å². The van der Waals surface area contributed by atoms with E-state index in [4.69, 9.17) is 8.92 Å². The first-order valence-corrected chi connectivity index (χ1v) is 7.99. The first-order chi connectivity index (χ1) is 9.62. The lowest BCUT2D eigenvalue weighted by Crippen LogP contribution is -2.39. The maximum atomic E-state index is 12.3. The van der Waals surface area contributed by atoms with Crippen LogP contribution in [0.5, 0.6) is 0 Å². The summed E-state index contributed by atoms with van der Waals surface area (Å²) in [4.78, 5) is 12.3.